The van der Waals surface area contributed by atoms with Crippen LogP contribution >= 0.6 is 11.6 Å². The van der Waals surface area contributed by atoms with E-state index >= 15 is 0 Å². The fourth-order valence-electron chi connectivity index (χ4n) is 4.55. The maximum atomic E-state index is 13.3. The number of piperazine rings is 1. The second kappa shape index (κ2) is 9.30. The summed E-state index contributed by atoms with van der Waals surface area (Å²) < 4.78 is 0. The highest BCUT2D eigenvalue weighted by Gasteiger charge is 2.35. The van der Waals surface area contributed by atoms with E-state index < -0.39 is 18.1 Å². The minimum Gasteiger partial charge on any atom is -0.465 e. The van der Waals surface area contributed by atoms with Gasteiger partial charge in [0.2, 0.25) is 5.91 Å². The van der Waals surface area contributed by atoms with E-state index in [0.29, 0.717) is 48.9 Å². The first-order chi connectivity index (χ1) is 15.3. The Bertz CT molecular complexity index is 994. The minimum atomic E-state index is -1.17. The predicted molar refractivity (Wildman–Crippen MR) is 119 cm³/mol. The van der Waals surface area contributed by atoms with Crippen LogP contribution in [0.5, 0.6) is 0 Å². The van der Waals surface area contributed by atoms with Crippen molar-refractivity contribution in [3.8, 4) is 0 Å². The van der Waals surface area contributed by atoms with Crippen molar-refractivity contribution in [1.82, 2.24) is 20.2 Å². The normalized spacial score (nSPS) is 21.2. The molecule has 170 valence electrons. The largest absolute Gasteiger partial charge is 0.465 e. The van der Waals surface area contributed by atoms with E-state index in [4.69, 9.17) is 16.7 Å². The van der Waals surface area contributed by atoms with E-state index in [2.05, 4.69) is 27.1 Å². The monoisotopic (exact) mass is 459 g/mol. The Morgan fingerprint density at radius 1 is 1.19 bits per heavy atom. The molecular weight excluding hydrogens is 434 g/mol. The van der Waals surface area contributed by atoms with E-state index in [1.54, 1.807) is 29.2 Å². The first kappa shape index (κ1) is 22.3. The smallest absolute Gasteiger partial charge is 0.404 e. The van der Waals surface area contributed by atoms with Gasteiger partial charge >= 0.3 is 6.09 Å². The molecule has 2 aliphatic rings. The van der Waals surface area contributed by atoms with E-state index in [9.17, 15) is 14.7 Å². The van der Waals surface area contributed by atoms with E-state index in [1.165, 1.54) is 6.33 Å². The van der Waals surface area contributed by atoms with Gasteiger partial charge in [-0.3, -0.25) is 4.79 Å². The minimum absolute atomic E-state index is 0.00909. The van der Waals surface area contributed by atoms with E-state index in [1.807, 2.05) is 0 Å². The lowest BCUT2D eigenvalue weighted by Crippen LogP contribution is -2.51. The highest BCUT2D eigenvalue weighted by Crippen LogP contribution is 2.42. The summed E-state index contributed by atoms with van der Waals surface area (Å²) >= 11 is 5.97. The Kier molecular flexibility index (Phi) is 6.48. The molecule has 2 aromatic rings. The van der Waals surface area contributed by atoms with Crippen molar-refractivity contribution in [3.63, 3.8) is 0 Å². The molecule has 10 heteroatoms. The molecule has 1 aromatic heterocycles. The third-order valence-corrected chi connectivity index (χ3v) is 6.45. The second-order valence-electron chi connectivity index (χ2n) is 8.25. The number of anilines is 1. The SMILES string of the molecule is CC1C[C@@H](O)c2ncnc(N3CCN(C(=O)[C@H](CNC(=O)O)c4ccc(Cl)cc4)CC3)c21. The third-order valence-electron chi connectivity index (χ3n) is 6.20. The zero-order valence-electron chi connectivity index (χ0n) is 17.7. The van der Waals surface area contributed by atoms with E-state index in [0.717, 1.165) is 11.4 Å². The summed E-state index contributed by atoms with van der Waals surface area (Å²) in [5.41, 5.74) is 2.40. The lowest BCUT2D eigenvalue weighted by Gasteiger charge is -2.38. The van der Waals surface area contributed by atoms with Gasteiger partial charge in [-0.1, -0.05) is 30.7 Å². The van der Waals surface area contributed by atoms with Crippen LogP contribution in [0.4, 0.5) is 10.6 Å². The first-order valence-electron chi connectivity index (χ1n) is 10.6. The van der Waals surface area contributed by atoms with Crippen LogP contribution in [-0.2, 0) is 4.79 Å². The number of carbonyl (C=O) groups is 2. The summed E-state index contributed by atoms with van der Waals surface area (Å²) in [6.07, 6.45) is 0.391. The third kappa shape index (κ3) is 4.49. The molecule has 0 saturated carbocycles. The first-order valence-corrected chi connectivity index (χ1v) is 11.0. The summed E-state index contributed by atoms with van der Waals surface area (Å²) in [6.45, 7) is 4.23. The van der Waals surface area contributed by atoms with Gasteiger partial charge in [0.1, 0.15) is 12.1 Å². The maximum Gasteiger partial charge on any atom is 0.404 e. The van der Waals surface area contributed by atoms with Gasteiger partial charge in [0.15, 0.2) is 0 Å². The Morgan fingerprint density at radius 2 is 1.88 bits per heavy atom. The topological polar surface area (TPSA) is 119 Å². The predicted octanol–water partition coefficient (Wildman–Crippen LogP) is 2.37. The molecule has 2 heterocycles. The Labute approximate surface area is 191 Å². The molecule has 0 spiro atoms. The molecule has 9 nitrogen and oxygen atoms in total. The number of nitrogens with zero attached hydrogens (tertiary/aromatic N) is 4. The summed E-state index contributed by atoms with van der Waals surface area (Å²) in [4.78, 5) is 37.0. The molecule has 2 amide bonds. The molecular formula is C22H26ClN5O4. The zero-order valence-corrected chi connectivity index (χ0v) is 18.5. The van der Waals surface area contributed by atoms with Gasteiger partial charge in [0, 0.05) is 43.3 Å². The standard InChI is InChI=1S/C22H26ClN5O4/c1-13-10-17(29)19-18(13)20(26-12-25-19)27-6-8-28(9-7-27)21(30)16(11-24-22(31)32)14-2-4-15(23)5-3-14/h2-5,12-13,16-17,24,29H,6-11H2,1H3,(H,31,32)/t13?,16-,17-/m1/s1. The van der Waals surface area contributed by atoms with Crippen molar-refractivity contribution in [2.45, 2.75) is 31.3 Å². The van der Waals surface area contributed by atoms with Crippen LogP contribution < -0.4 is 10.2 Å². The maximum absolute atomic E-state index is 13.3. The number of rotatable bonds is 5. The lowest BCUT2D eigenvalue weighted by atomic mass is 9.97. The summed E-state index contributed by atoms with van der Waals surface area (Å²) in [5, 5.41) is 22.2. The molecule has 0 bridgehead atoms. The number of fused-ring (bicyclic) bond motifs is 1. The number of carboxylic acid groups (broad SMARTS) is 1. The summed E-state index contributed by atoms with van der Waals surface area (Å²) in [6, 6.07) is 6.89. The fourth-order valence-corrected chi connectivity index (χ4v) is 4.67. The summed E-state index contributed by atoms with van der Waals surface area (Å²) in [7, 11) is 0. The van der Waals surface area contributed by atoms with E-state index in [-0.39, 0.29) is 18.4 Å². The number of carbonyl (C=O) groups excluding carboxylic acids is 1. The quantitative estimate of drug-likeness (QED) is 0.628. The van der Waals surface area contributed by atoms with Gasteiger partial charge in [0.25, 0.3) is 0 Å². The van der Waals surface area contributed by atoms with Crippen LogP contribution in [0.25, 0.3) is 0 Å². The van der Waals surface area contributed by atoms with Crippen LogP contribution in [0.3, 0.4) is 0 Å². The highest BCUT2D eigenvalue weighted by atomic mass is 35.5. The molecule has 0 radical (unpaired) electrons. The average Bonchev–Trinajstić information content (AvgIpc) is 3.08. The van der Waals surface area contributed by atoms with Crippen LogP contribution in [0.15, 0.2) is 30.6 Å². The number of nitrogens with one attached hydrogen (secondary N) is 1. The number of aromatic nitrogens is 2. The Morgan fingerprint density at radius 3 is 2.53 bits per heavy atom. The molecule has 32 heavy (non-hydrogen) atoms. The molecule has 3 atom stereocenters. The number of hydrogen-bond acceptors (Lipinski definition) is 6. The molecule has 1 fully saturated rings. The van der Waals surface area contributed by atoms with Crippen molar-refractivity contribution < 1.29 is 19.8 Å². The van der Waals surface area contributed by atoms with Gasteiger partial charge < -0.3 is 25.3 Å². The highest BCUT2D eigenvalue weighted by molar-refractivity contribution is 6.30. The number of hydrogen-bond donors (Lipinski definition) is 3. The van der Waals surface area contributed by atoms with Crippen LogP contribution in [-0.4, -0.2) is 69.8 Å². The van der Waals surface area contributed by atoms with Crippen molar-refractivity contribution in [1.29, 1.82) is 0 Å². The molecule has 3 N–H and O–H groups in total. The molecule has 1 aromatic carbocycles. The number of benzene rings is 1. The summed E-state index contributed by atoms with van der Waals surface area (Å²) in [5.74, 6) is 0.242. The average molecular weight is 460 g/mol. The molecule has 1 unspecified atom stereocenters. The van der Waals surface area contributed by atoms with Gasteiger partial charge in [-0.25, -0.2) is 14.8 Å². The number of halogens is 1. The van der Waals surface area contributed by atoms with Gasteiger partial charge in [-0.2, -0.15) is 0 Å². The van der Waals surface area contributed by atoms with Crippen LogP contribution in [0.2, 0.25) is 5.02 Å². The van der Waals surface area contributed by atoms with Crippen molar-refractivity contribution in [3.05, 3.63) is 52.4 Å². The van der Waals surface area contributed by atoms with Crippen molar-refractivity contribution in [2.75, 3.05) is 37.6 Å². The van der Waals surface area contributed by atoms with Crippen molar-refractivity contribution >= 4 is 29.4 Å². The van der Waals surface area contributed by atoms with Crippen LogP contribution in [0.1, 0.15) is 48.1 Å². The zero-order chi connectivity index (χ0) is 22.8. The fraction of sp³-hybridized carbons (Fsp3) is 0.455. The van der Waals surface area contributed by atoms with Gasteiger partial charge in [-0.15, -0.1) is 0 Å². The Hall–Kier alpha value is -2.91. The molecule has 1 aliphatic heterocycles. The number of aliphatic hydroxyl groups is 1. The second-order valence-corrected chi connectivity index (χ2v) is 8.69. The van der Waals surface area contributed by atoms with Crippen molar-refractivity contribution in [2.24, 2.45) is 0 Å². The van der Waals surface area contributed by atoms with Crippen LogP contribution in [0, 0.1) is 0 Å². The van der Waals surface area contributed by atoms with Gasteiger partial charge in [-0.05, 0) is 30.0 Å². The number of amides is 2. The molecule has 1 saturated heterocycles. The molecule has 1 aliphatic carbocycles. The Balaban J connectivity index is 1.47. The molecule has 4 rings (SSSR count). The lowest BCUT2D eigenvalue weighted by molar-refractivity contribution is -0.133. The van der Waals surface area contributed by atoms with Gasteiger partial charge in [0.05, 0.1) is 17.7 Å². The number of aliphatic hydroxyl groups excluding tert-OH is 1.